The number of nitrogens with two attached hydrogens (primary N) is 1. The third kappa shape index (κ3) is 1.40. The average molecular weight is 192 g/mol. The molecule has 1 atom stereocenters. The molecule has 2 N–H and O–H groups in total. The van der Waals surface area contributed by atoms with E-state index >= 15 is 0 Å². The molecule has 0 amide bonds. The van der Waals surface area contributed by atoms with E-state index in [0.29, 0.717) is 6.54 Å². The lowest BCUT2D eigenvalue weighted by atomic mass is 9.97. The average Bonchev–Trinajstić information content (AvgIpc) is 2.18. The van der Waals surface area contributed by atoms with Crippen LogP contribution in [-0.4, -0.2) is 35.0 Å². The molecule has 0 saturated heterocycles. The first-order valence-electron chi connectivity index (χ1n) is 4.94. The Hall–Kier alpha value is -1.00. The number of aromatic nitrogens is 2. The summed E-state index contributed by atoms with van der Waals surface area (Å²) in [5, 5.41) is 0. The van der Waals surface area contributed by atoms with Gasteiger partial charge in [0, 0.05) is 18.8 Å². The van der Waals surface area contributed by atoms with E-state index in [4.69, 9.17) is 5.73 Å². The molecule has 4 heteroatoms. The molecule has 0 fully saturated rings. The molecule has 14 heavy (non-hydrogen) atoms. The van der Waals surface area contributed by atoms with Crippen molar-refractivity contribution in [2.45, 2.75) is 19.4 Å². The molecule has 2 rings (SSSR count). The topological polar surface area (TPSA) is 55.0 Å². The van der Waals surface area contributed by atoms with Crippen LogP contribution in [0.25, 0.3) is 0 Å². The highest BCUT2D eigenvalue weighted by atomic mass is 15.2. The maximum absolute atomic E-state index is 5.76. The fraction of sp³-hybridized carbons (Fsp3) is 0.600. The van der Waals surface area contributed by atoms with Crippen LogP contribution in [0, 0.1) is 6.92 Å². The van der Waals surface area contributed by atoms with Crippen LogP contribution in [0.1, 0.15) is 23.0 Å². The van der Waals surface area contributed by atoms with E-state index in [9.17, 15) is 0 Å². The van der Waals surface area contributed by atoms with Gasteiger partial charge >= 0.3 is 0 Å². The Bertz CT molecular complexity index is 337. The molecule has 1 unspecified atom stereocenters. The summed E-state index contributed by atoms with van der Waals surface area (Å²) in [4.78, 5) is 10.8. The van der Waals surface area contributed by atoms with Crippen LogP contribution in [0.5, 0.6) is 0 Å². The van der Waals surface area contributed by atoms with Crippen molar-refractivity contribution in [1.82, 2.24) is 14.9 Å². The fourth-order valence-corrected chi connectivity index (χ4v) is 2.06. The number of nitrogens with zero attached hydrogens (tertiary/aromatic N) is 3. The molecule has 0 saturated carbocycles. The Labute approximate surface area is 84.2 Å². The molecular weight excluding hydrogens is 176 g/mol. The van der Waals surface area contributed by atoms with E-state index in [0.717, 1.165) is 24.4 Å². The van der Waals surface area contributed by atoms with Gasteiger partial charge in [0.15, 0.2) is 0 Å². The van der Waals surface area contributed by atoms with Crippen LogP contribution in [0.4, 0.5) is 0 Å². The van der Waals surface area contributed by atoms with Gasteiger partial charge in [0.1, 0.15) is 6.33 Å². The summed E-state index contributed by atoms with van der Waals surface area (Å²) in [6.45, 7) is 3.71. The Morgan fingerprint density at radius 1 is 1.57 bits per heavy atom. The SMILES string of the molecule is Cc1ncnc2c1CCN(C)C2CN. The Morgan fingerprint density at radius 2 is 2.36 bits per heavy atom. The Kier molecular flexibility index (Phi) is 2.48. The predicted molar refractivity (Wildman–Crippen MR) is 54.9 cm³/mol. The van der Waals surface area contributed by atoms with Crippen LogP contribution in [0.3, 0.4) is 0 Å². The van der Waals surface area contributed by atoms with Crippen LogP contribution in [0.15, 0.2) is 6.33 Å². The van der Waals surface area contributed by atoms with Crippen molar-refractivity contribution >= 4 is 0 Å². The van der Waals surface area contributed by atoms with E-state index in [2.05, 4.69) is 21.9 Å². The van der Waals surface area contributed by atoms with Crippen LogP contribution in [0.2, 0.25) is 0 Å². The number of hydrogen-bond acceptors (Lipinski definition) is 4. The van der Waals surface area contributed by atoms with Crippen molar-refractivity contribution < 1.29 is 0 Å². The number of likely N-dealkylation sites (N-methyl/N-ethyl adjacent to an activating group) is 1. The minimum Gasteiger partial charge on any atom is -0.329 e. The molecule has 0 aromatic carbocycles. The van der Waals surface area contributed by atoms with Crippen molar-refractivity contribution in [3.8, 4) is 0 Å². The number of fused-ring (bicyclic) bond motifs is 1. The standard InChI is InChI=1S/C10H16N4/c1-7-8-3-4-14(2)9(5-11)10(8)13-6-12-7/h6,9H,3-5,11H2,1-2H3. The van der Waals surface area contributed by atoms with Gasteiger partial charge in [-0.25, -0.2) is 9.97 Å². The van der Waals surface area contributed by atoms with E-state index in [1.807, 2.05) is 6.92 Å². The van der Waals surface area contributed by atoms with Gasteiger partial charge in [-0.05, 0) is 26.0 Å². The van der Waals surface area contributed by atoms with Crippen LogP contribution >= 0.6 is 0 Å². The first-order chi connectivity index (χ1) is 6.74. The van der Waals surface area contributed by atoms with Gasteiger partial charge in [0.25, 0.3) is 0 Å². The zero-order chi connectivity index (χ0) is 10.1. The van der Waals surface area contributed by atoms with Crippen molar-refractivity contribution in [2.75, 3.05) is 20.1 Å². The summed E-state index contributed by atoms with van der Waals surface area (Å²) in [5.41, 5.74) is 9.27. The second-order valence-corrected chi connectivity index (χ2v) is 3.80. The molecule has 4 nitrogen and oxygen atoms in total. The zero-order valence-electron chi connectivity index (χ0n) is 8.70. The van der Waals surface area contributed by atoms with Crippen molar-refractivity contribution in [3.63, 3.8) is 0 Å². The van der Waals surface area contributed by atoms with Crippen LogP contribution < -0.4 is 5.73 Å². The maximum Gasteiger partial charge on any atom is 0.116 e. The van der Waals surface area contributed by atoms with Gasteiger partial charge in [-0.15, -0.1) is 0 Å². The molecule has 1 aliphatic heterocycles. The maximum atomic E-state index is 5.76. The largest absolute Gasteiger partial charge is 0.329 e. The lowest BCUT2D eigenvalue weighted by Crippen LogP contribution is -2.37. The molecule has 0 spiro atoms. The molecule has 0 radical (unpaired) electrons. The van der Waals surface area contributed by atoms with E-state index < -0.39 is 0 Å². The summed E-state index contributed by atoms with van der Waals surface area (Å²) in [5.74, 6) is 0. The summed E-state index contributed by atoms with van der Waals surface area (Å²) in [6, 6.07) is 0.264. The lowest BCUT2D eigenvalue weighted by molar-refractivity contribution is 0.230. The van der Waals surface area contributed by atoms with Gasteiger partial charge in [0.05, 0.1) is 11.7 Å². The van der Waals surface area contributed by atoms with E-state index in [1.54, 1.807) is 6.33 Å². The van der Waals surface area contributed by atoms with Gasteiger partial charge in [-0.3, -0.25) is 4.90 Å². The second-order valence-electron chi connectivity index (χ2n) is 3.80. The van der Waals surface area contributed by atoms with Crippen LogP contribution in [-0.2, 0) is 6.42 Å². The van der Waals surface area contributed by atoms with E-state index in [1.165, 1.54) is 5.56 Å². The Morgan fingerprint density at radius 3 is 3.07 bits per heavy atom. The quantitative estimate of drug-likeness (QED) is 0.694. The lowest BCUT2D eigenvalue weighted by Gasteiger charge is -2.32. The summed E-state index contributed by atoms with van der Waals surface area (Å²) >= 11 is 0. The van der Waals surface area contributed by atoms with Gasteiger partial charge in [-0.1, -0.05) is 0 Å². The fourth-order valence-electron chi connectivity index (χ4n) is 2.06. The molecular formula is C10H16N4. The highest BCUT2D eigenvalue weighted by molar-refractivity contribution is 5.29. The zero-order valence-corrected chi connectivity index (χ0v) is 8.70. The predicted octanol–water partition coefficient (Wildman–Crippen LogP) is 0.273. The summed E-state index contributed by atoms with van der Waals surface area (Å²) in [7, 11) is 2.10. The summed E-state index contributed by atoms with van der Waals surface area (Å²) in [6.07, 6.45) is 2.67. The summed E-state index contributed by atoms with van der Waals surface area (Å²) < 4.78 is 0. The van der Waals surface area contributed by atoms with E-state index in [-0.39, 0.29) is 6.04 Å². The normalized spacial score (nSPS) is 22.1. The third-order valence-corrected chi connectivity index (χ3v) is 2.98. The number of aryl methyl sites for hydroxylation is 1. The second kappa shape index (κ2) is 3.63. The van der Waals surface area contributed by atoms with Gasteiger partial charge < -0.3 is 5.73 Å². The smallest absolute Gasteiger partial charge is 0.116 e. The monoisotopic (exact) mass is 192 g/mol. The molecule has 1 aromatic rings. The van der Waals surface area contributed by atoms with Gasteiger partial charge in [0.2, 0.25) is 0 Å². The van der Waals surface area contributed by atoms with Crippen molar-refractivity contribution in [2.24, 2.45) is 5.73 Å². The Balaban J connectivity index is 2.46. The molecule has 0 bridgehead atoms. The first kappa shape index (κ1) is 9.55. The number of rotatable bonds is 1. The minimum absolute atomic E-state index is 0.264. The highest BCUT2D eigenvalue weighted by Crippen LogP contribution is 2.26. The highest BCUT2D eigenvalue weighted by Gasteiger charge is 2.25. The van der Waals surface area contributed by atoms with Crippen molar-refractivity contribution in [1.29, 1.82) is 0 Å². The minimum atomic E-state index is 0.264. The molecule has 1 aromatic heterocycles. The molecule has 2 heterocycles. The number of hydrogen-bond donors (Lipinski definition) is 1. The molecule has 1 aliphatic rings. The molecule has 0 aliphatic carbocycles. The first-order valence-corrected chi connectivity index (χ1v) is 4.94. The molecule has 76 valence electrons. The van der Waals surface area contributed by atoms with Gasteiger partial charge in [-0.2, -0.15) is 0 Å². The van der Waals surface area contributed by atoms with Crippen molar-refractivity contribution in [3.05, 3.63) is 23.3 Å². The third-order valence-electron chi connectivity index (χ3n) is 2.98.